The van der Waals surface area contributed by atoms with Crippen LogP contribution in [0.1, 0.15) is 0 Å². The maximum Gasteiger partial charge on any atom is 0.136 e. The fraction of sp³-hybridized carbons (Fsp3) is 0. The summed E-state index contributed by atoms with van der Waals surface area (Å²) in [5, 5.41) is 7.35. The molecule has 0 bridgehead atoms. The van der Waals surface area contributed by atoms with Crippen molar-refractivity contribution in [3.8, 4) is 33.4 Å². The van der Waals surface area contributed by atoms with Gasteiger partial charge in [0.1, 0.15) is 11.2 Å². The van der Waals surface area contributed by atoms with Gasteiger partial charge in [0.2, 0.25) is 0 Å². The van der Waals surface area contributed by atoms with E-state index in [9.17, 15) is 0 Å². The van der Waals surface area contributed by atoms with E-state index in [0.29, 0.717) is 0 Å². The Kier molecular flexibility index (Phi) is 7.39. The molecule has 0 saturated heterocycles. The summed E-state index contributed by atoms with van der Waals surface area (Å²) >= 11 is 1.86. The lowest BCUT2D eigenvalue weighted by atomic mass is 9.96. The van der Waals surface area contributed by atoms with Crippen molar-refractivity contribution in [1.29, 1.82) is 0 Å². The Balaban J connectivity index is 1.08. The summed E-state index contributed by atoms with van der Waals surface area (Å²) in [5.74, 6) is 0. The van der Waals surface area contributed by atoms with Crippen LogP contribution in [0.3, 0.4) is 0 Å². The summed E-state index contributed by atoms with van der Waals surface area (Å²) in [6.07, 6.45) is 0. The number of hydrogen-bond acceptors (Lipinski definition) is 3. The second-order valence-electron chi connectivity index (χ2n) is 14.1. The molecule has 2 aromatic heterocycles. The van der Waals surface area contributed by atoms with Crippen molar-refractivity contribution in [3.63, 3.8) is 0 Å². The maximum absolute atomic E-state index is 6.38. The van der Waals surface area contributed by atoms with E-state index in [1.807, 2.05) is 23.5 Å². The molecule has 0 N–H and O–H groups in total. The molecule has 0 radical (unpaired) electrons. The van der Waals surface area contributed by atoms with Crippen LogP contribution in [-0.2, 0) is 0 Å². The molecule has 2 nitrogen and oxygen atoms in total. The van der Waals surface area contributed by atoms with Crippen LogP contribution in [0.25, 0.3) is 86.3 Å². The van der Waals surface area contributed by atoms with Crippen LogP contribution in [0.2, 0.25) is 0 Å². The van der Waals surface area contributed by atoms with E-state index < -0.39 is 0 Å². The zero-order valence-corrected chi connectivity index (χ0v) is 30.6. The summed E-state index contributed by atoms with van der Waals surface area (Å²) in [5.41, 5.74) is 12.0. The van der Waals surface area contributed by atoms with Gasteiger partial charge in [-0.25, -0.2) is 0 Å². The van der Waals surface area contributed by atoms with E-state index in [0.717, 1.165) is 55.7 Å². The topological polar surface area (TPSA) is 16.4 Å². The van der Waals surface area contributed by atoms with Crippen molar-refractivity contribution in [2.45, 2.75) is 0 Å². The summed E-state index contributed by atoms with van der Waals surface area (Å²) in [4.78, 5) is 2.42. The number of benzene rings is 9. The van der Waals surface area contributed by atoms with Crippen molar-refractivity contribution >= 4 is 81.3 Å². The molecule has 0 aliphatic rings. The smallest absolute Gasteiger partial charge is 0.136 e. The molecule has 0 unspecified atom stereocenters. The van der Waals surface area contributed by atoms with E-state index >= 15 is 0 Å². The molecule has 258 valence electrons. The van der Waals surface area contributed by atoms with Gasteiger partial charge in [-0.1, -0.05) is 140 Å². The van der Waals surface area contributed by atoms with E-state index in [-0.39, 0.29) is 0 Å². The summed E-state index contributed by atoms with van der Waals surface area (Å²) in [6.45, 7) is 0. The molecule has 11 rings (SSSR count). The first-order valence-electron chi connectivity index (χ1n) is 18.7. The van der Waals surface area contributed by atoms with Gasteiger partial charge < -0.3 is 9.32 Å². The minimum Gasteiger partial charge on any atom is -0.456 e. The van der Waals surface area contributed by atoms with Gasteiger partial charge in [-0.3, -0.25) is 0 Å². The summed E-state index contributed by atoms with van der Waals surface area (Å²) in [6, 6.07) is 72.3. The number of nitrogens with zero attached hydrogens (tertiary/aromatic N) is 1. The molecule has 2 heterocycles. The minimum absolute atomic E-state index is 0.886. The van der Waals surface area contributed by atoms with Crippen LogP contribution >= 0.6 is 11.3 Å². The molecule has 0 fully saturated rings. The van der Waals surface area contributed by atoms with Gasteiger partial charge in [0.05, 0.1) is 11.4 Å². The van der Waals surface area contributed by atoms with Crippen molar-refractivity contribution in [3.05, 3.63) is 200 Å². The fourth-order valence-corrected chi connectivity index (χ4v) is 9.34. The van der Waals surface area contributed by atoms with E-state index in [2.05, 4.69) is 193 Å². The monoisotopic (exact) mass is 719 g/mol. The quantitative estimate of drug-likeness (QED) is 0.170. The minimum atomic E-state index is 0.886. The number of hydrogen-bond donors (Lipinski definition) is 0. The molecule has 0 aliphatic heterocycles. The zero-order chi connectivity index (χ0) is 36.3. The Labute approximate surface area is 322 Å². The molecule has 3 heteroatoms. The molecule has 9 aromatic carbocycles. The van der Waals surface area contributed by atoms with Gasteiger partial charge >= 0.3 is 0 Å². The van der Waals surface area contributed by atoms with Gasteiger partial charge in [0, 0.05) is 47.8 Å². The SMILES string of the molecule is c1ccc(N(c2ccc(-c3ccc4c(c3)sc3ccccc34)cc2)c2ccccc2-c2ccc3c(c2)oc2ccccc23)c(-c2ccc3ccccc3c2)c1. The Morgan fingerprint density at radius 2 is 0.909 bits per heavy atom. The molecular formula is C52H33NOS. The number of thiophene rings is 1. The first-order valence-corrected chi connectivity index (χ1v) is 19.5. The predicted molar refractivity (Wildman–Crippen MR) is 235 cm³/mol. The number of furan rings is 1. The highest BCUT2D eigenvalue weighted by Crippen LogP contribution is 2.46. The van der Waals surface area contributed by atoms with E-state index in [1.54, 1.807) is 0 Å². The molecular weight excluding hydrogens is 687 g/mol. The van der Waals surface area contributed by atoms with Crippen LogP contribution in [0, 0.1) is 0 Å². The standard InChI is InChI=1S/C52H33NOS/c1-2-12-36-31-38(22-21-34(36)11-1)41-13-3-7-17-47(41)53(40-27-23-35(24-28-40)37-25-30-46-45-16-6-10-20-51(45)55-52(46)33-37)48-18-8-4-14-42(48)39-26-29-44-43-15-5-9-19-49(43)54-50(44)32-39/h1-33H. The molecule has 0 aliphatic carbocycles. The highest BCUT2D eigenvalue weighted by atomic mass is 32.1. The van der Waals surface area contributed by atoms with E-state index in [4.69, 9.17) is 4.42 Å². The number of fused-ring (bicyclic) bond motifs is 7. The third kappa shape index (κ3) is 5.40. The highest BCUT2D eigenvalue weighted by Gasteiger charge is 2.21. The number of anilines is 3. The van der Waals surface area contributed by atoms with Gasteiger partial charge in [-0.05, 0) is 93.7 Å². The number of para-hydroxylation sites is 3. The van der Waals surface area contributed by atoms with Gasteiger partial charge in [0.25, 0.3) is 0 Å². The maximum atomic E-state index is 6.38. The lowest BCUT2D eigenvalue weighted by Gasteiger charge is -2.30. The molecule has 11 aromatic rings. The molecule has 0 spiro atoms. The molecule has 0 atom stereocenters. The second kappa shape index (κ2) is 12.9. The lowest BCUT2D eigenvalue weighted by molar-refractivity contribution is 0.669. The first kappa shape index (κ1) is 31.6. The highest BCUT2D eigenvalue weighted by molar-refractivity contribution is 7.25. The third-order valence-electron chi connectivity index (χ3n) is 10.9. The Hall–Kier alpha value is -6.94. The average molecular weight is 720 g/mol. The first-order chi connectivity index (χ1) is 27.2. The van der Waals surface area contributed by atoms with Crippen molar-refractivity contribution in [2.24, 2.45) is 0 Å². The van der Waals surface area contributed by atoms with Crippen LogP contribution < -0.4 is 4.90 Å². The average Bonchev–Trinajstić information content (AvgIpc) is 3.82. The van der Waals surface area contributed by atoms with Gasteiger partial charge in [0.15, 0.2) is 0 Å². The normalized spacial score (nSPS) is 11.6. The molecule has 0 saturated carbocycles. The van der Waals surface area contributed by atoms with Crippen molar-refractivity contribution in [1.82, 2.24) is 0 Å². The summed E-state index contributed by atoms with van der Waals surface area (Å²) in [7, 11) is 0. The van der Waals surface area contributed by atoms with Gasteiger partial charge in [-0.2, -0.15) is 0 Å². The Morgan fingerprint density at radius 3 is 1.73 bits per heavy atom. The van der Waals surface area contributed by atoms with Crippen LogP contribution in [0.4, 0.5) is 17.1 Å². The second-order valence-corrected chi connectivity index (χ2v) is 15.2. The van der Waals surface area contributed by atoms with Crippen LogP contribution in [0.5, 0.6) is 0 Å². The van der Waals surface area contributed by atoms with E-state index in [1.165, 1.54) is 47.6 Å². The van der Waals surface area contributed by atoms with Crippen molar-refractivity contribution < 1.29 is 4.42 Å². The zero-order valence-electron chi connectivity index (χ0n) is 29.8. The van der Waals surface area contributed by atoms with Crippen LogP contribution in [0.15, 0.2) is 205 Å². The van der Waals surface area contributed by atoms with Crippen LogP contribution in [-0.4, -0.2) is 0 Å². The number of rotatable bonds is 6. The Bertz CT molecular complexity index is 3220. The van der Waals surface area contributed by atoms with Crippen molar-refractivity contribution in [2.75, 3.05) is 4.90 Å². The lowest BCUT2D eigenvalue weighted by Crippen LogP contribution is -2.12. The fourth-order valence-electron chi connectivity index (χ4n) is 8.19. The molecule has 0 amide bonds. The molecule has 55 heavy (non-hydrogen) atoms. The summed E-state index contributed by atoms with van der Waals surface area (Å²) < 4.78 is 9.01. The largest absolute Gasteiger partial charge is 0.456 e. The predicted octanol–water partition coefficient (Wildman–Crippen LogP) is 15.6. The van der Waals surface area contributed by atoms with Gasteiger partial charge in [-0.15, -0.1) is 11.3 Å². The Morgan fingerprint density at radius 1 is 0.345 bits per heavy atom. The third-order valence-corrected chi connectivity index (χ3v) is 12.0.